The molecule has 10 heteroatoms. The second-order valence-corrected chi connectivity index (χ2v) is 7.67. The summed E-state index contributed by atoms with van der Waals surface area (Å²) >= 11 is 0.998. The highest BCUT2D eigenvalue weighted by Crippen LogP contribution is 2.27. The van der Waals surface area contributed by atoms with Crippen LogP contribution >= 0.6 is 11.3 Å². The van der Waals surface area contributed by atoms with Crippen LogP contribution in [0.25, 0.3) is 0 Å². The summed E-state index contributed by atoms with van der Waals surface area (Å²) in [6.45, 7) is 2.45. The number of rotatable bonds is 6. The van der Waals surface area contributed by atoms with Gasteiger partial charge < -0.3 is 14.7 Å². The number of nitrogens with zero attached hydrogens (tertiary/aromatic N) is 2. The molecule has 0 unspecified atom stereocenters. The number of hydrogen-bond donors (Lipinski definition) is 1. The normalized spacial score (nSPS) is 16.2. The molecule has 1 saturated heterocycles. The molecule has 0 radical (unpaired) electrons. The Hall–Kier alpha value is -1.49. The highest BCUT2D eigenvalue weighted by Gasteiger charge is 2.32. The van der Waals surface area contributed by atoms with E-state index in [4.69, 9.17) is 9.84 Å². The number of ether oxygens (including phenoxy) is 1. The molecule has 0 aliphatic carbocycles. The number of thiophene rings is 1. The Balaban J connectivity index is 2.31. The molecule has 1 fully saturated rings. The van der Waals surface area contributed by atoms with Gasteiger partial charge >= 0.3 is 5.97 Å². The van der Waals surface area contributed by atoms with Crippen molar-refractivity contribution < 1.29 is 27.9 Å². The van der Waals surface area contributed by atoms with Crippen LogP contribution < -0.4 is 0 Å². The summed E-state index contributed by atoms with van der Waals surface area (Å²) in [5, 5.41) is 10.4. The molecule has 0 spiro atoms. The van der Waals surface area contributed by atoms with Gasteiger partial charge in [-0.1, -0.05) is 0 Å². The first-order valence-electron chi connectivity index (χ1n) is 7.04. The molecule has 1 aliphatic heterocycles. The lowest BCUT2D eigenvalue weighted by molar-refractivity contribution is -0.137. The van der Waals surface area contributed by atoms with E-state index in [1.54, 1.807) is 6.92 Å². The number of carboxylic acids is 1. The lowest BCUT2D eigenvalue weighted by Gasteiger charge is -2.26. The van der Waals surface area contributed by atoms with Crippen LogP contribution in [0.5, 0.6) is 0 Å². The van der Waals surface area contributed by atoms with Gasteiger partial charge in [0.2, 0.25) is 10.0 Å². The number of sulfonamides is 1. The maximum atomic E-state index is 12.7. The molecule has 1 N–H and O–H groups in total. The van der Waals surface area contributed by atoms with Gasteiger partial charge in [-0.05, 0) is 18.4 Å². The van der Waals surface area contributed by atoms with Gasteiger partial charge in [0.15, 0.2) is 0 Å². The predicted molar refractivity (Wildman–Crippen MR) is 83.1 cm³/mol. The van der Waals surface area contributed by atoms with Gasteiger partial charge in [-0.2, -0.15) is 4.31 Å². The van der Waals surface area contributed by atoms with Crippen molar-refractivity contribution in [2.75, 3.05) is 39.4 Å². The molecular formula is C13H18N2O6S2. The predicted octanol–water partition coefficient (Wildman–Crippen LogP) is 0.316. The fourth-order valence-corrected chi connectivity index (χ4v) is 4.99. The first-order valence-corrected chi connectivity index (χ1v) is 9.36. The first-order chi connectivity index (χ1) is 10.9. The second kappa shape index (κ2) is 7.39. The lowest BCUT2D eigenvalue weighted by atomic mass is 10.3. The van der Waals surface area contributed by atoms with Crippen molar-refractivity contribution >= 4 is 33.2 Å². The van der Waals surface area contributed by atoms with E-state index >= 15 is 0 Å². The molecule has 0 aromatic carbocycles. The molecule has 128 valence electrons. The Morgan fingerprint density at radius 1 is 1.39 bits per heavy atom. The molecule has 0 saturated carbocycles. The molecule has 1 aliphatic rings. The number of carboxylic acid groups (broad SMARTS) is 1. The van der Waals surface area contributed by atoms with Crippen LogP contribution in [0.1, 0.15) is 16.6 Å². The largest absolute Gasteiger partial charge is 0.480 e. The van der Waals surface area contributed by atoms with E-state index in [1.165, 1.54) is 15.8 Å². The van der Waals surface area contributed by atoms with Crippen LogP contribution in [0.4, 0.5) is 0 Å². The fraction of sp³-hybridized carbons (Fsp3) is 0.538. The van der Waals surface area contributed by atoms with Gasteiger partial charge in [0, 0.05) is 19.6 Å². The summed E-state index contributed by atoms with van der Waals surface area (Å²) in [5.74, 6) is -1.73. The number of carbonyl (C=O) groups excluding carboxylic acids is 1. The Morgan fingerprint density at radius 3 is 2.61 bits per heavy atom. The van der Waals surface area contributed by atoms with Crippen molar-refractivity contribution in [2.45, 2.75) is 11.8 Å². The van der Waals surface area contributed by atoms with Crippen LogP contribution in [0.15, 0.2) is 16.3 Å². The zero-order valence-electron chi connectivity index (χ0n) is 12.6. The minimum absolute atomic E-state index is 0.0413. The van der Waals surface area contributed by atoms with E-state index in [2.05, 4.69) is 0 Å². The van der Waals surface area contributed by atoms with Crippen LogP contribution in [-0.2, 0) is 19.6 Å². The van der Waals surface area contributed by atoms with E-state index in [1.807, 2.05) is 0 Å². The van der Waals surface area contributed by atoms with Gasteiger partial charge in [-0.25, -0.2) is 8.42 Å². The Bertz CT molecular complexity index is 678. The summed E-state index contributed by atoms with van der Waals surface area (Å²) < 4.78 is 31.8. The second-order valence-electron chi connectivity index (χ2n) is 4.84. The summed E-state index contributed by atoms with van der Waals surface area (Å²) in [4.78, 5) is 24.4. The number of morpholine rings is 1. The first kappa shape index (κ1) is 17.9. The SMILES string of the molecule is CCN(CC(=O)O)C(=O)c1sccc1S(=O)(=O)N1CCOCC1. The summed E-state index contributed by atoms with van der Waals surface area (Å²) in [5.41, 5.74) is 0. The number of hydrogen-bond acceptors (Lipinski definition) is 6. The lowest BCUT2D eigenvalue weighted by Crippen LogP contribution is -2.41. The summed E-state index contributed by atoms with van der Waals surface area (Å²) in [6.07, 6.45) is 0. The molecule has 2 heterocycles. The maximum absolute atomic E-state index is 12.7. The number of carbonyl (C=O) groups is 2. The van der Waals surface area contributed by atoms with E-state index in [-0.39, 0.29) is 29.4 Å². The molecule has 8 nitrogen and oxygen atoms in total. The summed E-state index contributed by atoms with van der Waals surface area (Å²) in [7, 11) is -3.80. The minimum Gasteiger partial charge on any atom is -0.480 e. The van der Waals surface area contributed by atoms with E-state index in [0.717, 1.165) is 16.2 Å². The highest BCUT2D eigenvalue weighted by atomic mass is 32.2. The molecule has 0 atom stereocenters. The van der Waals surface area contributed by atoms with Gasteiger partial charge in [0.25, 0.3) is 5.91 Å². The van der Waals surface area contributed by atoms with Gasteiger partial charge in [-0.15, -0.1) is 11.3 Å². The smallest absolute Gasteiger partial charge is 0.323 e. The molecule has 1 amide bonds. The van der Waals surface area contributed by atoms with Crippen molar-refractivity contribution in [1.82, 2.24) is 9.21 Å². The van der Waals surface area contributed by atoms with E-state index in [0.29, 0.717) is 13.2 Å². The molecule has 23 heavy (non-hydrogen) atoms. The number of aliphatic carboxylic acids is 1. The van der Waals surface area contributed by atoms with Gasteiger partial charge in [-0.3, -0.25) is 9.59 Å². The fourth-order valence-electron chi connectivity index (χ4n) is 2.22. The monoisotopic (exact) mass is 362 g/mol. The van der Waals surface area contributed by atoms with Gasteiger partial charge in [0.1, 0.15) is 16.3 Å². The average molecular weight is 362 g/mol. The Labute approximate surface area is 138 Å². The van der Waals surface area contributed by atoms with Crippen molar-refractivity contribution in [3.05, 3.63) is 16.3 Å². The van der Waals surface area contributed by atoms with Crippen LogP contribution in [-0.4, -0.2) is 74.0 Å². The molecule has 0 bridgehead atoms. The maximum Gasteiger partial charge on any atom is 0.323 e. The minimum atomic E-state index is -3.80. The average Bonchev–Trinajstić information content (AvgIpc) is 3.03. The summed E-state index contributed by atoms with van der Waals surface area (Å²) in [6, 6.07) is 1.39. The molecule has 2 rings (SSSR count). The third-order valence-corrected chi connectivity index (χ3v) is 6.38. The molecular weight excluding hydrogens is 344 g/mol. The Kier molecular flexibility index (Phi) is 5.74. The van der Waals surface area contributed by atoms with Crippen molar-refractivity contribution in [3.63, 3.8) is 0 Å². The van der Waals surface area contributed by atoms with E-state index < -0.39 is 28.4 Å². The highest BCUT2D eigenvalue weighted by molar-refractivity contribution is 7.89. The van der Waals surface area contributed by atoms with Gasteiger partial charge in [0.05, 0.1) is 13.2 Å². The Morgan fingerprint density at radius 2 is 2.04 bits per heavy atom. The zero-order valence-corrected chi connectivity index (χ0v) is 14.2. The zero-order chi connectivity index (χ0) is 17.0. The third-order valence-electron chi connectivity index (χ3n) is 3.41. The number of likely N-dealkylation sites (N-methyl/N-ethyl adjacent to an activating group) is 1. The molecule has 1 aromatic rings. The van der Waals surface area contributed by atoms with Crippen molar-refractivity contribution in [1.29, 1.82) is 0 Å². The number of amides is 1. The third kappa shape index (κ3) is 3.89. The van der Waals surface area contributed by atoms with Crippen LogP contribution in [0.3, 0.4) is 0 Å². The van der Waals surface area contributed by atoms with Crippen LogP contribution in [0, 0.1) is 0 Å². The topological polar surface area (TPSA) is 104 Å². The standard InChI is InChI=1S/C13H18N2O6S2/c1-2-14(9-11(16)17)13(18)12-10(3-8-22-12)23(19,20)15-4-6-21-7-5-15/h3,8H,2,4-7,9H2,1H3,(H,16,17). The van der Waals surface area contributed by atoms with Crippen molar-refractivity contribution in [2.24, 2.45) is 0 Å². The molecule has 1 aromatic heterocycles. The van der Waals surface area contributed by atoms with Crippen molar-refractivity contribution in [3.8, 4) is 0 Å². The van der Waals surface area contributed by atoms with E-state index in [9.17, 15) is 18.0 Å². The quantitative estimate of drug-likeness (QED) is 0.781. The van der Waals surface area contributed by atoms with Crippen LogP contribution in [0.2, 0.25) is 0 Å².